The van der Waals surface area contributed by atoms with Crippen molar-refractivity contribution < 1.29 is 17.5 Å². The smallest absolute Gasteiger partial charge is 0.219 e. The Morgan fingerprint density at radius 2 is 2.21 bits per heavy atom. The lowest BCUT2D eigenvalue weighted by Gasteiger charge is -2.15. The molecule has 0 bridgehead atoms. The molecule has 7 nitrogen and oxygen atoms in total. The maximum Gasteiger partial charge on any atom is 0.219 e. The van der Waals surface area contributed by atoms with Gasteiger partial charge in [0.1, 0.15) is 11.6 Å². The molecule has 0 aliphatic carbocycles. The SMILES string of the molecule is CCNC(=NCc1ccc(Oc2cccc(F)c2)nc1)NC1CCS(=O)(=O)C1. The van der Waals surface area contributed by atoms with Gasteiger partial charge in [0.05, 0.1) is 18.1 Å². The second-order valence-electron chi connectivity index (χ2n) is 6.50. The lowest BCUT2D eigenvalue weighted by Crippen LogP contribution is -2.44. The maximum atomic E-state index is 13.2. The van der Waals surface area contributed by atoms with E-state index >= 15 is 0 Å². The fourth-order valence-electron chi connectivity index (χ4n) is 2.81. The van der Waals surface area contributed by atoms with Gasteiger partial charge in [0.2, 0.25) is 5.88 Å². The molecule has 1 fully saturated rings. The maximum absolute atomic E-state index is 13.2. The number of benzene rings is 1. The molecule has 0 amide bonds. The second-order valence-corrected chi connectivity index (χ2v) is 8.73. The normalized spacial score (nSPS) is 18.6. The average Bonchev–Trinajstić information content (AvgIpc) is 2.99. The molecule has 2 aromatic rings. The molecule has 1 saturated heterocycles. The summed E-state index contributed by atoms with van der Waals surface area (Å²) in [6, 6.07) is 9.26. The van der Waals surface area contributed by atoms with Crippen molar-refractivity contribution in [3.8, 4) is 11.6 Å². The minimum atomic E-state index is -2.95. The minimum absolute atomic E-state index is 0.122. The largest absolute Gasteiger partial charge is 0.439 e. The summed E-state index contributed by atoms with van der Waals surface area (Å²) in [7, 11) is -2.95. The Balaban J connectivity index is 1.59. The first-order valence-electron chi connectivity index (χ1n) is 9.07. The Labute approximate surface area is 164 Å². The summed E-state index contributed by atoms with van der Waals surface area (Å²) in [4.78, 5) is 8.71. The number of hydrogen-bond donors (Lipinski definition) is 2. The number of hydrogen-bond acceptors (Lipinski definition) is 5. The molecule has 1 atom stereocenters. The lowest BCUT2D eigenvalue weighted by molar-refractivity contribution is 0.457. The van der Waals surface area contributed by atoms with Gasteiger partial charge in [-0.15, -0.1) is 0 Å². The summed E-state index contributed by atoms with van der Waals surface area (Å²) in [5.41, 5.74) is 0.864. The van der Waals surface area contributed by atoms with Crippen molar-refractivity contribution >= 4 is 15.8 Å². The zero-order valence-corrected chi connectivity index (χ0v) is 16.4. The first-order valence-corrected chi connectivity index (χ1v) is 10.9. The van der Waals surface area contributed by atoms with Gasteiger partial charge in [-0.25, -0.2) is 22.8 Å². The topological polar surface area (TPSA) is 92.7 Å². The van der Waals surface area contributed by atoms with Crippen molar-refractivity contribution in [1.29, 1.82) is 0 Å². The van der Waals surface area contributed by atoms with E-state index in [-0.39, 0.29) is 23.4 Å². The van der Waals surface area contributed by atoms with Gasteiger partial charge in [0, 0.05) is 30.9 Å². The summed E-state index contributed by atoms with van der Waals surface area (Å²) >= 11 is 0. The first-order chi connectivity index (χ1) is 13.4. The molecule has 2 N–H and O–H groups in total. The van der Waals surface area contributed by atoms with Crippen LogP contribution in [0.3, 0.4) is 0 Å². The van der Waals surface area contributed by atoms with Gasteiger partial charge in [0.15, 0.2) is 15.8 Å². The molecule has 2 heterocycles. The highest BCUT2D eigenvalue weighted by atomic mass is 32.2. The predicted octanol–water partition coefficient (Wildman–Crippen LogP) is 2.26. The Hall–Kier alpha value is -2.68. The quantitative estimate of drug-likeness (QED) is 0.565. The zero-order valence-electron chi connectivity index (χ0n) is 15.6. The number of aromatic nitrogens is 1. The predicted molar refractivity (Wildman–Crippen MR) is 106 cm³/mol. The van der Waals surface area contributed by atoms with Gasteiger partial charge < -0.3 is 15.4 Å². The van der Waals surface area contributed by atoms with E-state index in [2.05, 4.69) is 20.6 Å². The Kier molecular flexibility index (Phi) is 6.45. The highest BCUT2D eigenvalue weighted by Gasteiger charge is 2.28. The number of ether oxygens (including phenoxy) is 1. The van der Waals surface area contributed by atoms with E-state index in [9.17, 15) is 12.8 Å². The second kappa shape index (κ2) is 9.01. The third-order valence-electron chi connectivity index (χ3n) is 4.15. The van der Waals surface area contributed by atoms with Crippen LogP contribution in [-0.2, 0) is 16.4 Å². The molecule has 150 valence electrons. The van der Waals surface area contributed by atoms with E-state index in [1.807, 2.05) is 13.0 Å². The van der Waals surface area contributed by atoms with Crippen molar-refractivity contribution in [3.63, 3.8) is 0 Å². The van der Waals surface area contributed by atoms with E-state index in [1.165, 1.54) is 12.1 Å². The lowest BCUT2D eigenvalue weighted by atomic mass is 10.2. The van der Waals surface area contributed by atoms with Crippen molar-refractivity contribution in [2.45, 2.75) is 25.9 Å². The highest BCUT2D eigenvalue weighted by molar-refractivity contribution is 7.91. The van der Waals surface area contributed by atoms with Crippen LogP contribution in [0.15, 0.2) is 47.6 Å². The molecular formula is C19H23FN4O3S. The summed E-state index contributed by atoms with van der Waals surface area (Å²) in [5.74, 6) is 1.28. The molecule has 1 aromatic heterocycles. The molecule has 3 rings (SSSR count). The third kappa shape index (κ3) is 5.91. The zero-order chi connectivity index (χ0) is 20.0. The molecule has 1 aromatic carbocycles. The van der Waals surface area contributed by atoms with Crippen LogP contribution >= 0.6 is 0 Å². The number of nitrogens with zero attached hydrogens (tertiary/aromatic N) is 2. The fourth-order valence-corrected chi connectivity index (χ4v) is 4.48. The molecule has 1 aliphatic rings. The number of sulfone groups is 1. The molecule has 0 spiro atoms. The average molecular weight is 406 g/mol. The van der Waals surface area contributed by atoms with E-state index in [4.69, 9.17) is 4.74 Å². The first kappa shape index (κ1) is 20.1. The van der Waals surface area contributed by atoms with E-state index in [0.717, 1.165) is 5.56 Å². The van der Waals surface area contributed by atoms with Gasteiger partial charge in [-0.2, -0.15) is 0 Å². The number of aliphatic imine (C=N–C) groups is 1. The third-order valence-corrected chi connectivity index (χ3v) is 5.92. The summed E-state index contributed by atoms with van der Waals surface area (Å²) in [5, 5.41) is 6.29. The van der Waals surface area contributed by atoms with Crippen LogP contribution in [0.5, 0.6) is 11.6 Å². The standard InChI is InChI=1S/C19H23FN4O3S/c1-2-21-19(24-16-8-9-28(25,26)13-16)23-12-14-6-7-18(22-11-14)27-17-5-3-4-15(20)10-17/h3-7,10-11,16H,2,8-9,12-13H2,1H3,(H2,21,23,24). The molecule has 0 radical (unpaired) electrons. The fraction of sp³-hybridized carbons (Fsp3) is 0.368. The Morgan fingerprint density at radius 1 is 1.36 bits per heavy atom. The van der Waals surface area contributed by atoms with Crippen molar-refractivity contribution in [3.05, 3.63) is 54.0 Å². The van der Waals surface area contributed by atoms with Crippen LogP contribution in [0.1, 0.15) is 18.9 Å². The van der Waals surface area contributed by atoms with Gasteiger partial charge >= 0.3 is 0 Å². The minimum Gasteiger partial charge on any atom is -0.439 e. The van der Waals surface area contributed by atoms with Crippen LogP contribution < -0.4 is 15.4 Å². The van der Waals surface area contributed by atoms with Crippen molar-refractivity contribution in [2.75, 3.05) is 18.1 Å². The summed E-state index contributed by atoms with van der Waals surface area (Å²) < 4.78 is 41.9. The summed E-state index contributed by atoms with van der Waals surface area (Å²) in [6.07, 6.45) is 2.22. The molecule has 0 saturated carbocycles. The number of rotatable bonds is 6. The molecule has 1 aliphatic heterocycles. The van der Waals surface area contributed by atoms with Crippen LogP contribution in [0.25, 0.3) is 0 Å². The van der Waals surface area contributed by atoms with E-state index in [0.29, 0.717) is 37.1 Å². The van der Waals surface area contributed by atoms with Crippen LogP contribution in [0, 0.1) is 5.82 Å². The number of nitrogens with one attached hydrogen (secondary N) is 2. The van der Waals surface area contributed by atoms with Crippen molar-refractivity contribution in [2.24, 2.45) is 4.99 Å². The Bertz CT molecular complexity index is 932. The van der Waals surface area contributed by atoms with E-state index in [1.54, 1.807) is 24.4 Å². The van der Waals surface area contributed by atoms with E-state index < -0.39 is 9.84 Å². The number of pyridine rings is 1. The van der Waals surface area contributed by atoms with Gasteiger partial charge in [0.25, 0.3) is 0 Å². The van der Waals surface area contributed by atoms with Crippen LogP contribution in [-0.4, -0.2) is 43.5 Å². The van der Waals surface area contributed by atoms with Gasteiger partial charge in [-0.05, 0) is 31.0 Å². The molecule has 1 unspecified atom stereocenters. The van der Waals surface area contributed by atoms with Crippen LogP contribution in [0.2, 0.25) is 0 Å². The Morgan fingerprint density at radius 3 is 2.86 bits per heavy atom. The monoisotopic (exact) mass is 406 g/mol. The number of guanidine groups is 1. The van der Waals surface area contributed by atoms with Gasteiger partial charge in [-0.1, -0.05) is 12.1 Å². The van der Waals surface area contributed by atoms with Crippen molar-refractivity contribution in [1.82, 2.24) is 15.6 Å². The molecule has 28 heavy (non-hydrogen) atoms. The highest BCUT2D eigenvalue weighted by Crippen LogP contribution is 2.20. The molecule has 9 heteroatoms. The van der Waals surface area contributed by atoms with Crippen LogP contribution in [0.4, 0.5) is 4.39 Å². The molecular weight excluding hydrogens is 383 g/mol. The number of halogens is 1. The van der Waals surface area contributed by atoms with Gasteiger partial charge in [-0.3, -0.25) is 0 Å². The summed E-state index contributed by atoms with van der Waals surface area (Å²) in [6.45, 7) is 2.99.